The molecule has 0 aliphatic rings. The van der Waals surface area contributed by atoms with Crippen molar-refractivity contribution in [2.45, 2.75) is 11.9 Å². The lowest BCUT2D eigenvalue weighted by atomic mass is 10.2. The van der Waals surface area contributed by atoms with Crippen LogP contribution < -0.4 is 9.46 Å². The number of ether oxygens (including phenoxy) is 1. The first-order valence-corrected chi connectivity index (χ1v) is 11.0. The van der Waals surface area contributed by atoms with Gasteiger partial charge in [0.2, 0.25) is 0 Å². The number of hydrogen-bond donors (Lipinski definition) is 1. The number of benzene rings is 2. The van der Waals surface area contributed by atoms with Gasteiger partial charge in [0, 0.05) is 21.0 Å². The van der Waals surface area contributed by atoms with E-state index in [0.29, 0.717) is 20.8 Å². The van der Waals surface area contributed by atoms with Gasteiger partial charge in [-0.05, 0) is 36.8 Å². The van der Waals surface area contributed by atoms with Gasteiger partial charge in [0.05, 0.1) is 0 Å². The molecule has 146 valence electrons. The van der Waals surface area contributed by atoms with Crippen molar-refractivity contribution in [1.29, 1.82) is 0 Å². The smallest absolute Gasteiger partial charge is 0.282 e. The van der Waals surface area contributed by atoms with Crippen LogP contribution in [0, 0.1) is 6.92 Å². The van der Waals surface area contributed by atoms with Crippen molar-refractivity contribution in [2.24, 2.45) is 0 Å². The summed E-state index contributed by atoms with van der Waals surface area (Å²) in [6.07, 6.45) is 0. The maximum atomic E-state index is 12.4. The van der Waals surface area contributed by atoms with E-state index in [1.807, 2.05) is 4.72 Å². The lowest BCUT2D eigenvalue weighted by Crippen LogP contribution is -2.34. The molecule has 0 fully saturated rings. The van der Waals surface area contributed by atoms with E-state index in [-0.39, 0.29) is 5.03 Å². The van der Waals surface area contributed by atoms with Crippen LogP contribution in [0.1, 0.15) is 5.56 Å². The van der Waals surface area contributed by atoms with E-state index < -0.39 is 22.5 Å². The molecule has 1 aromatic heterocycles. The number of halogens is 2. The van der Waals surface area contributed by atoms with Gasteiger partial charge < -0.3 is 4.74 Å². The van der Waals surface area contributed by atoms with Crippen molar-refractivity contribution in [3.8, 4) is 16.3 Å². The summed E-state index contributed by atoms with van der Waals surface area (Å²) in [4.78, 5) is 16.1. The van der Waals surface area contributed by atoms with Crippen molar-refractivity contribution < 1.29 is 17.9 Å². The van der Waals surface area contributed by atoms with E-state index in [1.54, 1.807) is 49.4 Å². The molecule has 0 aliphatic heterocycles. The zero-order valence-electron chi connectivity index (χ0n) is 14.5. The Labute approximate surface area is 176 Å². The molecule has 0 saturated heterocycles. The molecule has 3 rings (SSSR count). The second-order valence-electron chi connectivity index (χ2n) is 5.72. The number of nitrogens with zero attached hydrogens (tertiary/aromatic N) is 1. The number of carbonyl (C=O) groups is 1. The zero-order valence-corrected chi connectivity index (χ0v) is 17.6. The van der Waals surface area contributed by atoms with Gasteiger partial charge in [-0.25, -0.2) is 9.71 Å². The first-order chi connectivity index (χ1) is 13.2. The average molecular weight is 457 g/mol. The zero-order chi connectivity index (χ0) is 20.3. The van der Waals surface area contributed by atoms with E-state index in [4.69, 9.17) is 27.9 Å². The minimum atomic E-state index is -4.11. The highest BCUT2D eigenvalue weighted by Gasteiger charge is 2.22. The van der Waals surface area contributed by atoms with Crippen molar-refractivity contribution in [1.82, 2.24) is 9.71 Å². The van der Waals surface area contributed by atoms with Crippen molar-refractivity contribution in [3.63, 3.8) is 0 Å². The first kappa shape index (κ1) is 20.6. The SMILES string of the molecule is Cc1ccc(Cl)cc1OCC(=O)NS(=O)(=O)c1csc(-c2ccc(Cl)cc2)n1. The van der Waals surface area contributed by atoms with Crippen LogP contribution in [-0.2, 0) is 14.8 Å². The molecule has 0 saturated carbocycles. The molecular formula is C18H14Cl2N2O4S2. The monoisotopic (exact) mass is 456 g/mol. The average Bonchev–Trinajstić information content (AvgIpc) is 3.14. The number of thiazole rings is 1. The maximum absolute atomic E-state index is 12.4. The van der Waals surface area contributed by atoms with Gasteiger partial charge >= 0.3 is 0 Å². The summed E-state index contributed by atoms with van der Waals surface area (Å²) in [6.45, 7) is 1.31. The van der Waals surface area contributed by atoms with Gasteiger partial charge in [0.15, 0.2) is 11.6 Å². The summed E-state index contributed by atoms with van der Waals surface area (Å²) >= 11 is 12.9. The number of aromatic nitrogens is 1. The van der Waals surface area contributed by atoms with Crippen LogP contribution in [-0.4, -0.2) is 25.9 Å². The summed E-state index contributed by atoms with van der Waals surface area (Å²) in [5, 5.41) is 2.63. The van der Waals surface area contributed by atoms with E-state index >= 15 is 0 Å². The second kappa shape index (κ2) is 8.48. The molecule has 1 heterocycles. The van der Waals surface area contributed by atoms with Gasteiger partial charge in [-0.15, -0.1) is 11.3 Å². The maximum Gasteiger partial charge on any atom is 0.282 e. The summed E-state index contributed by atoms with van der Waals surface area (Å²) in [6, 6.07) is 11.8. The standard InChI is InChI=1S/C18H14Cl2N2O4S2/c1-11-2-5-14(20)8-15(11)26-9-16(23)22-28(24,25)17-10-27-18(21-17)12-3-6-13(19)7-4-12/h2-8,10H,9H2,1H3,(H,22,23). The predicted octanol–water partition coefficient (Wildman–Crippen LogP) is 4.31. The Bertz CT molecular complexity index is 1110. The molecule has 0 bridgehead atoms. The number of nitrogens with one attached hydrogen (secondary N) is 1. The number of rotatable bonds is 6. The number of hydrogen-bond acceptors (Lipinski definition) is 6. The summed E-state index contributed by atoms with van der Waals surface area (Å²) in [5.41, 5.74) is 1.49. The molecule has 10 heteroatoms. The Kier molecular flexibility index (Phi) is 6.24. The van der Waals surface area contributed by atoms with Crippen LogP contribution in [0.15, 0.2) is 52.9 Å². The number of carbonyl (C=O) groups excluding carboxylic acids is 1. The molecule has 6 nitrogen and oxygen atoms in total. The highest BCUT2D eigenvalue weighted by Crippen LogP contribution is 2.27. The van der Waals surface area contributed by atoms with E-state index in [2.05, 4.69) is 4.98 Å². The van der Waals surface area contributed by atoms with Gasteiger partial charge in [-0.1, -0.05) is 41.4 Å². The Morgan fingerprint density at radius 1 is 1.14 bits per heavy atom. The van der Waals surface area contributed by atoms with E-state index in [1.165, 1.54) is 5.38 Å². The molecule has 3 aromatic rings. The van der Waals surface area contributed by atoms with E-state index in [0.717, 1.165) is 22.5 Å². The fourth-order valence-electron chi connectivity index (χ4n) is 2.21. The van der Waals surface area contributed by atoms with Crippen LogP contribution in [0.25, 0.3) is 10.6 Å². The van der Waals surface area contributed by atoms with E-state index in [9.17, 15) is 13.2 Å². The number of amides is 1. The number of sulfonamides is 1. The van der Waals surface area contributed by atoms with Crippen LogP contribution in [0.3, 0.4) is 0 Å². The molecule has 0 unspecified atom stereocenters. The Hall–Kier alpha value is -2.13. The molecule has 1 amide bonds. The van der Waals surface area contributed by atoms with Crippen LogP contribution >= 0.6 is 34.5 Å². The Morgan fingerprint density at radius 3 is 2.54 bits per heavy atom. The van der Waals surface area contributed by atoms with Crippen LogP contribution in [0.5, 0.6) is 5.75 Å². The summed E-state index contributed by atoms with van der Waals surface area (Å²) in [5.74, 6) is -0.417. The van der Waals surface area contributed by atoms with Crippen LogP contribution in [0.2, 0.25) is 10.0 Å². The Balaban J connectivity index is 1.67. The fourth-order valence-corrected chi connectivity index (χ4v) is 4.57. The molecule has 1 N–H and O–H groups in total. The van der Waals surface area contributed by atoms with Gasteiger partial charge in [-0.2, -0.15) is 8.42 Å². The number of aryl methyl sites for hydroxylation is 1. The quantitative estimate of drug-likeness (QED) is 0.596. The fraction of sp³-hybridized carbons (Fsp3) is 0.111. The normalized spacial score (nSPS) is 11.2. The van der Waals surface area contributed by atoms with Gasteiger partial charge in [0.1, 0.15) is 10.8 Å². The lowest BCUT2D eigenvalue weighted by molar-refractivity contribution is -0.121. The highest BCUT2D eigenvalue weighted by atomic mass is 35.5. The summed E-state index contributed by atoms with van der Waals surface area (Å²) in [7, 11) is -4.11. The van der Waals surface area contributed by atoms with Crippen molar-refractivity contribution >= 4 is 50.5 Å². The topological polar surface area (TPSA) is 85.4 Å². The van der Waals surface area contributed by atoms with Crippen molar-refractivity contribution in [2.75, 3.05) is 6.61 Å². The second-order valence-corrected chi connectivity index (χ2v) is 9.09. The minimum Gasteiger partial charge on any atom is -0.483 e. The van der Waals surface area contributed by atoms with Gasteiger partial charge in [-0.3, -0.25) is 4.79 Å². The third kappa shape index (κ3) is 5.02. The molecule has 28 heavy (non-hydrogen) atoms. The largest absolute Gasteiger partial charge is 0.483 e. The van der Waals surface area contributed by atoms with Gasteiger partial charge in [0.25, 0.3) is 15.9 Å². The first-order valence-electron chi connectivity index (χ1n) is 7.91. The molecule has 0 atom stereocenters. The van der Waals surface area contributed by atoms with Crippen LogP contribution in [0.4, 0.5) is 0 Å². The molecule has 0 aliphatic carbocycles. The molecule has 0 radical (unpaired) electrons. The third-order valence-corrected chi connectivity index (χ3v) is 6.39. The minimum absolute atomic E-state index is 0.241. The summed E-state index contributed by atoms with van der Waals surface area (Å²) < 4.78 is 32.1. The molecular weight excluding hydrogens is 443 g/mol. The van der Waals surface area contributed by atoms with Crippen molar-refractivity contribution in [3.05, 3.63) is 63.5 Å². The predicted molar refractivity (Wildman–Crippen MR) is 110 cm³/mol. The Morgan fingerprint density at radius 2 is 1.82 bits per heavy atom. The highest BCUT2D eigenvalue weighted by molar-refractivity contribution is 7.90. The molecule has 2 aromatic carbocycles. The lowest BCUT2D eigenvalue weighted by Gasteiger charge is -2.09. The third-order valence-electron chi connectivity index (χ3n) is 3.61. The molecule has 0 spiro atoms.